The molecule has 0 radical (unpaired) electrons. The molecule has 0 aromatic heterocycles. The van der Waals surface area contributed by atoms with Crippen molar-refractivity contribution in [2.75, 3.05) is 52.6 Å². The van der Waals surface area contributed by atoms with Crippen LogP contribution in [0.3, 0.4) is 0 Å². The molecule has 2 fully saturated rings. The molecule has 21 heavy (non-hydrogen) atoms. The molecule has 2 heterocycles. The maximum absolute atomic E-state index is 5.42. The number of ether oxygens (including phenoxy) is 2. The van der Waals surface area contributed by atoms with E-state index in [0.717, 1.165) is 65.7 Å². The van der Waals surface area contributed by atoms with Crippen molar-refractivity contribution in [2.24, 2.45) is 0 Å². The van der Waals surface area contributed by atoms with E-state index in [2.05, 4.69) is 43.9 Å². The molecular weight excluding hydrogens is 332 g/mol. The average Bonchev–Trinajstić information content (AvgIpc) is 2.53. The minimum absolute atomic E-state index is 0.852. The van der Waals surface area contributed by atoms with Crippen molar-refractivity contribution >= 4 is 15.9 Å². The van der Waals surface area contributed by atoms with E-state index in [9.17, 15) is 0 Å². The highest BCUT2D eigenvalue weighted by Crippen LogP contribution is 2.25. The lowest BCUT2D eigenvalue weighted by Crippen LogP contribution is -2.36. The van der Waals surface area contributed by atoms with Gasteiger partial charge in [0.15, 0.2) is 0 Å². The number of benzene rings is 1. The van der Waals surface area contributed by atoms with Gasteiger partial charge in [0.25, 0.3) is 0 Å². The summed E-state index contributed by atoms with van der Waals surface area (Å²) in [6, 6.07) is 6.63. The molecule has 0 spiro atoms. The molecule has 0 saturated carbocycles. The second kappa shape index (κ2) is 7.70. The van der Waals surface area contributed by atoms with Crippen molar-refractivity contribution in [1.82, 2.24) is 9.80 Å². The predicted molar refractivity (Wildman–Crippen MR) is 86.3 cm³/mol. The van der Waals surface area contributed by atoms with Crippen LogP contribution < -0.4 is 0 Å². The first-order valence-electron chi connectivity index (χ1n) is 7.69. The molecule has 3 rings (SSSR count). The van der Waals surface area contributed by atoms with Gasteiger partial charge in [-0.05, 0) is 11.1 Å². The Balaban J connectivity index is 1.65. The maximum atomic E-state index is 5.42. The van der Waals surface area contributed by atoms with E-state index < -0.39 is 0 Å². The fraction of sp³-hybridized carbons (Fsp3) is 0.625. The third kappa shape index (κ3) is 4.27. The minimum atomic E-state index is 0.852. The van der Waals surface area contributed by atoms with E-state index in [-0.39, 0.29) is 0 Å². The van der Waals surface area contributed by atoms with Gasteiger partial charge in [0, 0.05) is 43.7 Å². The summed E-state index contributed by atoms with van der Waals surface area (Å²) < 4.78 is 12.1. The Labute approximate surface area is 135 Å². The fourth-order valence-corrected chi connectivity index (χ4v) is 3.39. The second-order valence-corrected chi connectivity index (χ2v) is 6.46. The lowest BCUT2D eigenvalue weighted by Gasteiger charge is -2.29. The molecule has 5 heteroatoms. The first kappa shape index (κ1) is 15.4. The lowest BCUT2D eigenvalue weighted by molar-refractivity contribution is 0.0332. The first-order valence-corrected chi connectivity index (χ1v) is 8.49. The molecule has 2 aliphatic rings. The van der Waals surface area contributed by atoms with Crippen molar-refractivity contribution in [1.29, 1.82) is 0 Å². The monoisotopic (exact) mass is 354 g/mol. The zero-order valence-corrected chi connectivity index (χ0v) is 14.0. The summed E-state index contributed by atoms with van der Waals surface area (Å²) in [7, 11) is 0. The molecule has 1 aromatic carbocycles. The largest absolute Gasteiger partial charge is 0.379 e. The summed E-state index contributed by atoms with van der Waals surface area (Å²) in [5, 5.41) is 0. The van der Waals surface area contributed by atoms with Crippen molar-refractivity contribution < 1.29 is 9.47 Å². The number of hydrogen-bond acceptors (Lipinski definition) is 4. The summed E-state index contributed by atoms with van der Waals surface area (Å²) in [6.07, 6.45) is 0. The van der Waals surface area contributed by atoms with Crippen LogP contribution in [0.1, 0.15) is 11.1 Å². The van der Waals surface area contributed by atoms with Gasteiger partial charge in [-0.3, -0.25) is 9.80 Å². The second-order valence-electron chi connectivity index (χ2n) is 5.67. The van der Waals surface area contributed by atoms with Crippen molar-refractivity contribution in [3.8, 4) is 0 Å². The fourth-order valence-electron chi connectivity index (χ4n) is 2.88. The number of rotatable bonds is 4. The summed E-state index contributed by atoms with van der Waals surface area (Å²) in [6.45, 7) is 9.52. The zero-order valence-electron chi connectivity index (χ0n) is 12.4. The van der Waals surface area contributed by atoms with Gasteiger partial charge in [-0.15, -0.1) is 0 Å². The highest BCUT2D eigenvalue weighted by Gasteiger charge is 2.16. The Kier molecular flexibility index (Phi) is 5.66. The topological polar surface area (TPSA) is 24.9 Å². The first-order chi connectivity index (χ1) is 10.3. The minimum Gasteiger partial charge on any atom is -0.379 e. The Bertz CT molecular complexity index is 419. The molecule has 2 aliphatic heterocycles. The van der Waals surface area contributed by atoms with Crippen LogP contribution in [0.2, 0.25) is 0 Å². The van der Waals surface area contributed by atoms with E-state index in [4.69, 9.17) is 9.47 Å². The van der Waals surface area contributed by atoms with Crippen LogP contribution in [0.4, 0.5) is 0 Å². The summed E-state index contributed by atoms with van der Waals surface area (Å²) in [5.41, 5.74) is 2.75. The van der Waals surface area contributed by atoms with Crippen LogP contribution >= 0.6 is 15.9 Å². The number of nitrogens with zero attached hydrogens (tertiary/aromatic N) is 2. The van der Waals surface area contributed by atoms with Gasteiger partial charge in [-0.2, -0.15) is 0 Å². The quantitative estimate of drug-likeness (QED) is 0.826. The van der Waals surface area contributed by atoms with Crippen LogP contribution in [-0.2, 0) is 22.6 Å². The van der Waals surface area contributed by atoms with Gasteiger partial charge in [0.05, 0.1) is 26.4 Å². The lowest BCUT2D eigenvalue weighted by atomic mass is 10.1. The summed E-state index contributed by atoms with van der Waals surface area (Å²) in [5.74, 6) is 0. The standard InChI is InChI=1S/C16H23BrN2O2/c17-16-14(12-18-4-8-20-9-5-18)2-1-3-15(16)13-19-6-10-21-11-7-19/h1-3H,4-13H2. The van der Waals surface area contributed by atoms with E-state index in [1.54, 1.807) is 0 Å². The van der Waals surface area contributed by atoms with Crippen molar-refractivity contribution in [3.63, 3.8) is 0 Å². The van der Waals surface area contributed by atoms with Gasteiger partial charge in [-0.1, -0.05) is 34.1 Å². The number of morpholine rings is 2. The Morgan fingerprint density at radius 3 is 1.67 bits per heavy atom. The molecule has 0 bridgehead atoms. The molecular formula is C16H23BrN2O2. The highest BCUT2D eigenvalue weighted by molar-refractivity contribution is 9.10. The average molecular weight is 355 g/mol. The van der Waals surface area contributed by atoms with Gasteiger partial charge < -0.3 is 9.47 Å². The number of hydrogen-bond donors (Lipinski definition) is 0. The zero-order chi connectivity index (χ0) is 14.5. The third-order valence-electron chi connectivity index (χ3n) is 4.15. The van der Waals surface area contributed by atoms with Gasteiger partial charge >= 0.3 is 0 Å². The molecule has 0 atom stereocenters. The van der Waals surface area contributed by atoms with Gasteiger partial charge in [-0.25, -0.2) is 0 Å². The Morgan fingerprint density at radius 1 is 0.810 bits per heavy atom. The van der Waals surface area contributed by atoms with Gasteiger partial charge in [0.2, 0.25) is 0 Å². The van der Waals surface area contributed by atoms with E-state index in [1.165, 1.54) is 15.6 Å². The summed E-state index contributed by atoms with van der Waals surface area (Å²) in [4.78, 5) is 4.92. The van der Waals surface area contributed by atoms with Crippen molar-refractivity contribution in [2.45, 2.75) is 13.1 Å². The van der Waals surface area contributed by atoms with E-state index in [1.807, 2.05) is 0 Å². The van der Waals surface area contributed by atoms with Crippen LogP contribution in [0.5, 0.6) is 0 Å². The molecule has 1 aromatic rings. The molecule has 4 nitrogen and oxygen atoms in total. The van der Waals surface area contributed by atoms with Crippen LogP contribution in [0.25, 0.3) is 0 Å². The molecule has 0 amide bonds. The highest BCUT2D eigenvalue weighted by atomic mass is 79.9. The van der Waals surface area contributed by atoms with Crippen LogP contribution in [0.15, 0.2) is 22.7 Å². The van der Waals surface area contributed by atoms with E-state index in [0.29, 0.717) is 0 Å². The van der Waals surface area contributed by atoms with Crippen LogP contribution in [0, 0.1) is 0 Å². The molecule has 0 aliphatic carbocycles. The summed E-state index contributed by atoms with van der Waals surface area (Å²) >= 11 is 3.82. The van der Waals surface area contributed by atoms with E-state index >= 15 is 0 Å². The number of halogens is 1. The maximum Gasteiger partial charge on any atom is 0.0594 e. The van der Waals surface area contributed by atoms with Crippen molar-refractivity contribution in [3.05, 3.63) is 33.8 Å². The predicted octanol–water partition coefficient (Wildman–Crippen LogP) is 2.11. The normalized spacial score (nSPS) is 21.6. The molecule has 116 valence electrons. The molecule has 0 unspecified atom stereocenters. The van der Waals surface area contributed by atoms with Gasteiger partial charge in [0.1, 0.15) is 0 Å². The Hall–Kier alpha value is -0.460. The van der Waals surface area contributed by atoms with Crippen LogP contribution in [-0.4, -0.2) is 62.4 Å². The molecule has 0 N–H and O–H groups in total. The smallest absolute Gasteiger partial charge is 0.0594 e. The molecule has 2 saturated heterocycles. The third-order valence-corrected chi connectivity index (χ3v) is 5.17. The Morgan fingerprint density at radius 2 is 1.24 bits per heavy atom. The SMILES string of the molecule is Brc1c(CN2CCOCC2)cccc1CN1CCOCC1.